The molecule has 0 atom stereocenters. The zero-order valence-electron chi connectivity index (χ0n) is 6.98. The molecule has 0 saturated heterocycles. The summed E-state index contributed by atoms with van der Waals surface area (Å²) < 4.78 is 1.01. The van der Waals surface area contributed by atoms with Crippen LogP contribution in [0, 0.1) is 0 Å². The predicted octanol–water partition coefficient (Wildman–Crippen LogP) is 2.95. The molecule has 1 aromatic heterocycles. The minimum absolute atomic E-state index is 0.345. The third-order valence-corrected chi connectivity index (χ3v) is 2.34. The van der Waals surface area contributed by atoms with Crippen LogP contribution in [0.1, 0.15) is 0 Å². The van der Waals surface area contributed by atoms with Gasteiger partial charge in [0.25, 0.3) is 0 Å². The average Bonchev–Trinajstić information content (AvgIpc) is 2.19. The molecule has 70 valence electrons. The normalized spacial score (nSPS) is 10.1. The van der Waals surface area contributed by atoms with Gasteiger partial charge < -0.3 is 0 Å². The molecule has 0 radical (unpaired) electrons. The molecule has 1 heterocycles. The van der Waals surface area contributed by atoms with Crippen LogP contribution in [0.3, 0.4) is 0 Å². The minimum atomic E-state index is 0.345. The lowest BCUT2D eigenvalue weighted by atomic mass is 10.2. The highest BCUT2D eigenvalue weighted by Gasteiger charge is 2.01. The van der Waals surface area contributed by atoms with Crippen molar-refractivity contribution in [2.24, 2.45) is 0 Å². The molecule has 2 aromatic rings. The lowest BCUT2D eigenvalue weighted by Gasteiger charge is -1.98. The molecule has 0 fully saturated rings. The van der Waals surface area contributed by atoms with E-state index in [1.54, 1.807) is 0 Å². The van der Waals surface area contributed by atoms with Gasteiger partial charge in [-0.1, -0.05) is 39.7 Å². The molecule has 0 aliphatic heterocycles. The van der Waals surface area contributed by atoms with Crippen molar-refractivity contribution in [3.63, 3.8) is 0 Å². The van der Waals surface area contributed by atoms with E-state index in [1.807, 2.05) is 24.3 Å². The van der Waals surface area contributed by atoms with Crippen LogP contribution in [0.2, 0.25) is 5.15 Å². The fraction of sp³-hybridized carbons (Fsp3) is 0. The molecule has 2 rings (SSSR count). The van der Waals surface area contributed by atoms with Gasteiger partial charge >= 0.3 is 0 Å². The van der Waals surface area contributed by atoms with E-state index in [4.69, 9.17) is 11.6 Å². The first-order chi connectivity index (χ1) is 6.75. The van der Waals surface area contributed by atoms with Gasteiger partial charge in [-0.05, 0) is 12.1 Å². The first-order valence-corrected chi connectivity index (χ1v) is 5.04. The molecule has 0 spiro atoms. The molecule has 0 amide bonds. The van der Waals surface area contributed by atoms with E-state index in [-0.39, 0.29) is 0 Å². The lowest BCUT2D eigenvalue weighted by molar-refractivity contribution is 0.980. The molecule has 0 saturated carbocycles. The lowest BCUT2D eigenvalue weighted by Crippen LogP contribution is -1.91. The molecule has 3 nitrogen and oxygen atoms in total. The van der Waals surface area contributed by atoms with E-state index in [2.05, 4.69) is 31.1 Å². The van der Waals surface area contributed by atoms with Gasteiger partial charge in [0, 0.05) is 10.0 Å². The Balaban J connectivity index is 2.44. The number of aromatic nitrogens is 3. The zero-order valence-corrected chi connectivity index (χ0v) is 9.33. The van der Waals surface area contributed by atoms with Crippen LogP contribution >= 0.6 is 27.5 Å². The summed E-state index contributed by atoms with van der Waals surface area (Å²) in [5.74, 6) is 0.532. The van der Waals surface area contributed by atoms with Gasteiger partial charge in [-0.3, -0.25) is 0 Å². The maximum absolute atomic E-state index is 5.70. The predicted molar refractivity (Wildman–Crippen MR) is 58.0 cm³/mol. The Bertz CT molecular complexity index is 444. The molecule has 0 N–H and O–H groups in total. The monoisotopic (exact) mass is 269 g/mol. The van der Waals surface area contributed by atoms with Crippen molar-refractivity contribution in [2.75, 3.05) is 0 Å². The van der Waals surface area contributed by atoms with Gasteiger partial charge in [0.15, 0.2) is 11.0 Å². The van der Waals surface area contributed by atoms with Crippen molar-refractivity contribution in [2.45, 2.75) is 0 Å². The van der Waals surface area contributed by atoms with Crippen LogP contribution in [0.25, 0.3) is 11.4 Å². The Morgan fingerprint density at radius 1 is 1.14 bits per heavy atom. The van der Waals surface area contributed by atoms with E-state index in [0.29, 0.717) is 11.0 Å². The van der Waals surface area contributed by atoms with Crippen molar-refractivity contribution in [1.29, 1.82) is 0 Å². The van der Waals surface area contributed by atoms with E-state index in [9.17, 15) is 0 Å². The van der Waals surface area contributed by atoms with Crippen LogP contribution in [0.4, 0.5) is 0 Å². The van der Waals surface area contributed by atoms with E-state index in [0.717, 1.165) is 10.0 Å². The van der Waals surface area contributed by atoms with Crippen LogP contribution in [0.5, 0.6) is 0 Å². The Labute approximate surface area is 94.3 Å². The highest BCUT2D eigenvalue weighted by atomic mass is 79.9. The van der Waals surface area contributed by atoms with Crippen molar-refractivity contribution in [1.82, 2.24) is 15.2 Å². The van der Waals surface area contributed by atoms with Crippen molar-refractivity contribution < 1.29 is 0 Å². The summed E-state index contributed by atoms with van der Waals surface area (Å²) >= 11 is 9.05. The van der Waals surface area contributed by atoms with Crippen LogP contribution in [0.15, 0.2) is 34.9 Å². The number of nitrogens with zero attached hydrogens (tertiary/aromatic N) is 3. The Morgan fingerprint density at radius 3 is 2.50 bits per heavy atom. The number of benzene rings is 1. The fourth-order valence-electron chi connectivity index (χ4n) is 1.00. The van der Waals surface area contributed by atoms with Gasteiger partial charge in [-0.15, -0.1) is 5.10 Å². The summed E-state index contributed by atoms with van der Waals surface area (Å²) in [6.07, 6.45) is 1.41. The largest absolute Gasteiger partial charge is 0.213 e. The Hall–Kier alpha value is -1.00. The summed E-state index contributed by atoms with van der Waals surface area (Å²) in [5.41, 5.74) is 0.892. The van der Waals surface area contributed by atoms with Gasteiger partial charge in [0.05, 0.1) is 6.20 Å². The fourth-order valence-corrected chi connectivity index (χ4v) is 1.39. The summed E-state index contributed by atoms with van der Waals surface area (Å²) in [6.45, 7) is 0. The summed E-state index contributed by atoms with van der Waals surface area (Å²) in [7, 11) is 0. The molecular weight excluding hydrogens is 265 g/mol. The second-order valence-electron chi connectivity index (χ2n) is 2.61. The second-order valence-corrected chi connectivity index (χ2v) is 3.91. The maximum atomic E-state index is 5.70. The first kappa shape index (κ1) is 9.55. The molecule has 0 aliphatic rings. The van der Waals surface area contributed by atoms with Gasteiger partial charge in [-0.25, -0.2) is 4.98 Å². The van der Waals surface area contributed by atoms with E-state index < -0.39 is 0 Å². The second kappa shape index (κ2) is 4.02. The summed E-state index contributed by atoms with van der Waals surface area (Å²) in [5, 5.41) is 7.95. The quantitative estimate of drug-likeness (QED) is 0.800. The molecule has 0 bridgehead atoms. The Kier molecular flexibility index (Phi) is 2.74. The Morgan fingerprint density at radius 2 is 1.86 bits per heavy atom. The van der Waals surface area contributed by atoms with E-state index in [1.165, 1.54) is 6.20 Å². The average molecular weight is 271 g/mol. The van der Waals surface area contributed by atoms with Crippen LogP contribution in [-0.2, 0) is 0 Å². The molecule has 0 unspecified atom stereocenters. The van der Waals surface area contributed by atoms with Crippen molar-refractivity contribution >= 4 is 27.5 Å². The summed E-state index contributed by atoms with van der Waals surface area (Å²) in [4.78, 5) is 4.05. The number of hydrogen-bond donors (Lipinski definition) is 0. The number of rotatable bonds is 1. The smallest absolute Gasteiger partial charge is 0.183 e. The van der Waals surface area contributed by atoms with E-state index >= 15 is 0 Å². The highest BCUT2D eigenvalue weighted by molar-refractivity contribution is 9.10. The minimum Gasteiger partial charge on any atom is -0.213 e. The molecular formula is C9H5BrClN3. The van der Waals surface area contributed by atoms with Crippen LogP contribution < -0.4 is 0 Å². The standard InChI is InChI=1S/C9H5BrClN3/c10-7-3-1-6(2-4-7)9-13-8(11)5-12-14-9/h1-5H. The third kappa shape index (κ3) is 2.08. The summed E-state index contributed by atoms with van der Waals surface area (Å²) in [6, 6.07) is 7.63. The van der Waals surface area contributed by atoms with Crippen molar-refractivity contribution in [3.8, 4) is 11.4 Å². The van der Waals surface area contributed by atoms with Gasteiger partial charge in [0.2, 0.25) is 0 Å². The van der Waals surface area contributed by atoms with Crippen LogP contribution in [-0.4, -0.2) is 15.2 Å². The zero-order chi connectivity index (χ0) is 9.97. The maximum Gasteiger partial charge on any atom is 0.183 e. The molecule has 14 heavy (non-hydrogen) atoms. The number of halogens is 2. The third-order valence-electron chi connectivity index (χ3n) is 1.63. The molecule has 0 aliphatic carbocycles. The number of hydrogen-bond acceptors (Lipinski definition) is 3. The SMILES string of the molecule is Clc1cnnc(-c2ccc(Br)cc2)n1. The van der Waals surface area contributed by atoms with Gasteiger partial charge in [0.1, 0.15) is 0 Å². The van der Waals surface area contributed by atoms with Crippen molar-refractivity contribution in [3.05, 3.63) is 40.1 Å². The topological polar surface area (TPSA) is 38.7 Å². The first-order valence-electron chi connectivity index (χ1n) is 3.87. The highest BCUT2D eigenvalue weighted by Crippen LogP contribution is 2.18. The molecule has 1 aromatic carbocycles. The van der Waals surface area contributed by atoms with Gasteiger partial charge in [-0.2, -0.15) is 5.10 Å². The molecule has 5 heteroatoms.